The Morgan fingerprint density at radius 1 is 1.60 bits per heavy atom. The highest BCUT2D eigenvalue weighted by molar-refractivity contribution is 5.29. The highest BCUT2D eigenvalue weighted by Crippen LogP contribution is 1.98. The molecule has 0 aliphatic carbocycles. The van der Waals surface area contributed by atoms with Gasteiger partial charge in [-0.15, -0.1) is 0 Å². The Morgan fingerprint density at radius 2 is 2.50 bits per heavy atom. The Bertz CT molecular complexity index is 176. The van der Waals surface area contributed by atoms with Crippen molar-refractivity contribution in [1.82, 2.24) is 4.98 Å². The zero-order chi connectivity index (χ0) is 7.23. The van der Waals surface area contributed by atoms with E-state index >= 15 is 0 Å². The second kappa shape index (κ2) is 3.85. The molecule has 1 heterocycles. The molecule has 0 saturated heterocycles. The van der Waals surface area contributed by atoms with Gasteiger partial charge in [-0.05, 0) is 19.1 Å². The van der Waals surface area contributed by atoms with Gasteiger partial charge < -0.3 is 0 Å². The van der Waals surface area contributed by atoms with Gasteiger partial charge in [-0.2, -0.15) is 0 Å². The molecule has 1 N–H and O–H groups in total. The normalized spacial score (nSPS) is 9.30. The average molecular weight is 138 g/mol. The summed E-state index contributed by atoms with van der Waals surface area (Å²) < 4.78 is 0. The molecule has 0 fully saturated rings. The van der Waals surface area contributed by atoms with Gasteiger partial charge in [0.25, 0.3) is 0 Å². The van der Waals surface area contributed by atoms with Crippen LogP contribution in [0.5, 0.6) is 0 Å². The molecule has 0 atom stereocenters. The fourth-order valence-electron chi connectivity index (χ4n) is 0.569. The van der Waals surface area contributed by atoms with Gasteiger partial charge in [0.15, 0.2) is 0 Å². The molecular weight excluding hydrogens is 128 g/mol. The van der Waals surface area contributed by atoms with E-state index in [1.807, 2.05) is 25.1 Å². The van der Waals surface area contributed by atoms with Crippen LogP contribution in [0.15, 0.2) is 24.4 Å². The highest BCUT2D eigenvalue weighted by atomic mass is 16.6. The first-order chi connectivity index (χ1) is 4.93. The summed E-state index contributed by atoms with van der Waals surface area (Å²) in [5.74, 6) is 0.740. The van der Waals surface area contributed by atoms with E-state index in [2.05, 4.69) is 10.5 Å². The van der Waals surface area contributed by atoms with E-state index in [4.69, 9.17) is 4.84 Å². The van der Waals surface area contributed by atoms with Crippen molar-refractivity contribution in [2.24, 2.45) is 0 Å². The van der Waals surface area contributed by atoms with Crippen LogP contribution in [0, 0.1) is 0 Å². The third kappa shape index (κ3) is 2.03. The Labute approximate surface area is 60.0 Å². The van der Waals surface area contributed by atoms with E-state index in [0.717, 1.165) is 5.82 Å². The van der Waals surface area contributed by atoms with Crippen LogP contribution in [0.3, 0.4) is 0 Å². The van der Waals surface area contributed by atoms with E-state index in [-0.39, 0.29) is 0 Å². The maximum absolute atomic E-state index is 4.91. The number of hydrogen-bond donors (Lipinski definition) is 1. The van der Waals surface area contributed by atoms with E-state index in [1.165, 1.54) is 0 Å². The molecule has 10 heavy (non-hydrogen) atoms. The summed E-state index contributed by atoms with van der Waals surface area (Å²) in [5, 5.41) is 0. The summed E-state index contributed by atoms with van der Waals surface area (Å²) in [6, 6.07) is 5.60. The van der Waals surface area contributed by atoms with Gasteiger partial charge in [0, 0.05) is 6.20 Å². The standard InChI is InChI=1S/C7H10N2O/c1-2-10-9-7-5-3-4-6-8-7/h3-6H,2H2,1H3,(H,8,9). The molecule has 0 bridgehead atoms. The first-order valence-corrected chi connectivity index (χ1v) is 3.22. The topological polar surface area (TPSA) is 34.1 Å². The molecule has 0 unspecified atom stereocenters. The third-order valence-corrected chi connectivity index (χ3v) is 0.986. The number of nitrogens with one attached hydrogen (secondary N) is 1. The third-order valence-electron chi connectivity index (χ3n) is 0.986. The smallest absolute Gasteiger partial charge is 0.149 e. The van der Waals surface area contributed by atoms with Crippen molar-refractivity contribution in [2.75, 3.05) is 12.1 Å². The molecule has 0 spiro atoms. The van der Waals surface area contributed by atoms with E-state index in [0.29, 0.717) is 6.61 Å². The Balaban J connectivity index is 2.43. The molecular formula is C7H10N2O. The molecule has 0 saturated carbocycles. The van der Waals surface area contributed by atoms with Crippen molar-refractivity contribution in [3.8, 4) is 0 Å². The van der Waals surface area contributed by atoms with E-state index < -0.39 is 0 Å². The van der Waals surface area contributed by atoms with Gasteiger partial charge in [0.05, 0.1) is 6.61 Å². The van der Waals surface area contributed by atoms with Crippen molar-refractivity contribution >= 4 is 5.82 Å². The van der Waals surface area contributed by atoms with Gasteiger partial charge in [-0.25, -0.2) is 10.5 Å². The molecule has 3 heteroatoms. The van der Waals surface area contributed by atoms with Crippen molar-refractivity contribution < 1.29 is 4.84 Å². The van der Waals surface area contributed by atoms with Crippen LogP contribution < -0.4 is 5.48 Å². The lowest BCUT2D eigenvalue weighted by molar-refractivity contribution is 0.209. The fraction of sp³-hybridized carbons (Fsp3) is 0.286. The van der Waals surface area contributed by atoms with Crippen LogP contribution in [0.1, 0.15) is 6.92 Å². The summed E-state index contributed by atoms with van der Waals surface area (Å²) >= 11 is 0. The number of rotatable bonds is 3. The van der Waals surface area contributed by atoms with Crippen LogP contribution in [0.25, 0.3) is 0 Å². The van der Waals surface area contributed by atoms with Crippen molar-refractivity contribution in [3.05, 3.63) is 24.4 Å². The molecule has 3 nitrogen and oxygen atoms in total. The second-order valence-corrected chi connectivity index (χ2v) is 1.75. The molecule has 0 amide bonds. The minimum absolute atomic E-state index is 0.635. The molecule has 54 valence electrons. The molecule has 0 aromatic carbocycles. The van der Waals surface area contributed by atoms with Crippen molar-refractivity contribution in [3.63, 3.8) is 0 Å². The number of nitrogens with zero attached hydrogens (tertiary/aromatic N) is 1. The number of pyridine rings is 1. The zero-order valence-electron chi connectivity index (χ0n) is 5.87. The van der Waals surface area contributed by atoms with Crippen molar-refractivity contribution in [1.29, 1.82) is 0 Å². The number of hydrogen-bond acceptors (Lipinski definition) is 3. The molecule has 1 rings (SSSR count). The minimum atomic E-state index is 0.635. The lowest BCUT2D eigenvalue weighted by atomic mass is 10.5. The van der Waals surface area contributed by atoms with E-state index in [1.54, 1.807) is 6.20 Å². The molecule has 0 aliphatic heterocycles. The van der Waals surface area contributed by atoms with Crippen LogP contribution in [-0.4, -0.2) is 11.6 Å². The quantitative estimate of drug-likeness (QED) is 0.642. The lowest BCUT2D eigenvalue weighted by Crippen LogP contribution is -2.00. The summed E-state index contributed by atoms with van der Waals surface area (Å²) in [4.78, 5) is 8.89. The van der Waals surface area contributed by atoms with Crippen LogP contribution in [0.2, 0.25) is 0 Å². The average Bonchev–Trinajstić information content (AvgIpc) is 2.03. The fourth-order valence-corrected chi connectivity index (χ4v) is 0.569. The Kier molecular flexibility index (Phi) is 2.70. The molecule has 0 aliphatic rings. The first-order valence-electron chi connectivity index (χ1n) is 3.22. The number of anilines is 1. The zero-order valence-corrected chi connectivity index (χ0v) is 5.87. The molecule has 1 aromatic rings. The minimum Gasteiger partial charge on any atom is -0.275 e. The van der Waals surface area contributed by atoms with Crippen molar-refractivity contribution in [2.45, 2.75) is 6.92 Å². The van der Waals surface area contributed by atoms with Crippen LogP contribution in [0.4, 0.5) is 5.82 Å². The van der Waals surface area contributed by atoms with Crippen LogP contribution >= 0.6 is 0 Å². The molecule has 1 aromatic heterocycles. The summed E-state index contributed by atoms with van der Waals surface area (Å²) in [5.41, 5.74) is 2.68. The van der Waals surface area contributed by atoms with Gasteiger partial charge in [-0.3, -0.25) is 4.84 Å². The summed E-state index contributed by atoms with van der Waals surface area (Å²) in [6.07, 6.45) is 1.71. The van der Waals surface area contributed by atoms with Crippen LogP contribution in [-0.2, 0) is 4.84 Å². The largest absolute Gasteiger partial charge is 0.275 e. The Hall–Kier alpha value is -1.09. The first kappa shape index (κ1) is 7.02. The maximum Gasteiger partial charge on any atom is 0.149 e. The predicted molar refractivity (Wildman–Crippen MR) is 39.5 cm³/mol. The highest BCUT2D eigenvalue weighted by Gasteiger charge is 1.85. The van der Waals surface area contributed by atoms with Gasteiger partial charge in [0.2, 0.25) is 0 Å². The Morgan fingerprint density at radius 3 is 3.10 bits per heavy atom. The van der Waals surface area contributed by atoms with E-state index in [9.17, 15) is 0 Å². The lowest BCUT2D eigenvalue weighted by Gasteiger charge is -2.01. The molecule has 0 radical (unpaired) electrons. The SMILES string of the molecule is CCONc1ccccn1. The second-order valence-electron chi connectivity index (χ2n) is 1.75. The van der Waals surface area contributed by atoms with Gasteiger partial charge in [0.1, 0.15) is 5.82 Å². The summed E-state index contributed by atoms with van der Waals surface area (Å²) in [6.45, 7) is 2.55. The predicted octanol–water partition coefficient (Wildman–Crippen LogP) is 1.44. The van der Waals surface area contributed by atoms with Gasteiger partial charge in [-0.1, -0.05) is 6.07 Å². The summed E-state index contributed by atoms with van der Waals surface area (Å²) in [7, 11) is 0. The van der Waals surface area contributed by atoms with Gasteiger partial charge >= 0.3 is 0 Å². The monoisotopic (exact) mass is 138 g/mol. The number of aromatic nitrogens is 1. The maximum atomic E-state index is 4.91.